The van der Waals surface area contributed by atoms with E-state index in [-0.39, 0.29) is 10.9 Å². The largest absolute Gasteiger partial charge is 0.495 e. The first-order valence-corrected chi connectivity index (χ1v) is 11.4. The lowest BCUT2D eigenvalue weighted by Crippen LogP contribution is -2.48. The molecule has 1 aromatic carbocycles. The molecule has 148 valence electrons. The number of aryl methyl sites for hydroxylation is 1. The van der Waals surface area contributed by atoms with E-state index in [9.17, 15) is 8.42 Å². The van der Waals surface area contributed by atoms with Gasteiger partial charge in [0.15, 0.2) is 0 Å². The smallest absolute Gasteiger partial charge is 0.244 e. The summed E-state index contributed by atoms with van der Waals surface area (Å²) in [5, 5.41) is 4.14. The van der Waals surface area contributed by atoms with Gasteiger partial charge in [0.1, 0.15) is 10.6 Å². The van der Waals surface area contributed by atoms with Crippen molar-refractivity contribution in [3.8, 4) is 5.75 Å². The molecule has 1 fully saturated rings. The number of methoxy groups -OCH3 is 1. The Kier molecular flexibility index (Phi) is 6.54. The number of thiophene rings is 1. The van der Waals surface area contributed by atoms with Crippen molar-refractivity contribution in [2.75, 3.05) is 46.9 Å². The quantitative estimate of drug-likeness (QED) is 0.761. The Morgan fingerprint density at radius 3 is 2.59 bits per heavy atom. The number of hydrogen-bond acceptors (Lipinski definition) is 6. The third kappa shape index (κ3) is 4.89. The molecular weight excluding hydrogens is 382 g/mol. The third-order valence-electron chi connectivity index (χ3n) is 4.98. The van der Waals surface area contributed by atoms with Crippen LogP contribution in [0.3, 0.4) is 0 Å². The zero-order chi connectivity index (χ0) is 19.4. The van der Waals surface area contributed by atoms with Crippen LogP contribution in [0.15, 0.2) is 39.9 Å². The highest BCUT2D eigenvalue weighted by molar-refractivity contribution is 7.89. The lowest BCUT2D eigenvalue weighted by atomic mass is 10.1. The number of benzene rings is 1. The van der Waals surface area contributed by atoms with E-state index in [1.165, 1.54) is 7.11 Å². The second kappa shape index (κ2) is 8.70. The highest BCUT2D eigenvalue weighted by Gasteiger charge is 2.27. The van der Waals surface area contributed by atoms with E-state index >= 15 is 0 Å². The van der Waals surface area contributed by atoms with Gasteiger partial charge in [0, 0.05) is 38.8 Å². The summed E-state index contributed by atoms with van der Waals surface area (Å²) < 4.78 is 34.0. The second-order valence-corrected chi connectivity index (χ2v) is 9.43. The minimum atomic E-state index is -3.67. The lowest BCUT2D eigenvalue weighted by molar-refractivity contribution is 0.113. The minimum absolute atomic E-state index is 0.0236. The van der Waals surface area contributed by atoms with Gasteiger partial charge in [-0.25, -0.2) is 13.1 Å². The molecule has 1 N–H and O–H groups in total. The van der Waals surface area contributed by atoms with Crippen molar-refractivity contribution in [1.82, 2.24) is 14.5 Å². The fraction of sp³-hybridized carbons (Fsp3) is 0.474. The summed E-state index contributed by atoms with van der Waals surface area (Å²) in [7, 11) is -0.0669. The maximum absolute atomic E-state index is 13.0. The fourth-order valence-electron chi connectivity index (χ4n) is 3.32. The Morgan fingerprint density at radius 1 is 1.22 bits per heavy atom. The molecule has 0 bridgehead atoms. The third-order valence-corrected chi connectivity index (χ3v) is 7.13. The van der Waals surface area contributed by atoms with Crippen molar-refractivity contribution >= 4 is 21.4 Å². The van der Waals surface area contributed by atoms with E-state index < -0.39 is 10.0 Å². The first-order chi connectivity index (χ1) is 12.9. The molecule has 1 unspecified atom stereocenters. The minimum Gasteiger partial charge on any atom is -0.495 e. The molecule has 0 radical (unpaired) electrons. The van der Waals surface area contributed by atoms with Crippen molar-refractivity contribution in [1.29, 1.82) is 0 Å². The van der Waals surface area contributed by atoms with E-state index in [1.54, 1.807) is 23.5 Å². The number of rotatable bonds is 7. The van der Waals surface area contributed by atoms with Crippen molar-refractivity contribution in [2.24, 2.45) is 0 Å². The van der Waals surface area contributed by atoms with Gasteiger partial charge < -0.3 is 9.64 Å². The number of likely N-dealkylation sites (N-methyl/N-ethyl adjacent to an activating group) is 1. The Labute approximate surface area is 165 Å². The SMILES string of the molecule is COc1ccc(C)cc1S(=O)(=O)NCC(c1ccsc1)N1CCN(C)CC1. The van der Waals surface area contributed by atoms with Crippen molar-refractivity contribution in [3.63, 3.8) is 0 Å². The summed E-state index contributed by atoms with van der Waals surface area (Å²) in [6, 6.07) is 7.29. The maximum Gasteiger partial charge on any atom is 0.244 e. The Balaban J connectivity index is 1.80. The molecular formula is C19H27N3O3S2. The monoisotopic (exact) mass is 409 g/mol. The van der Waals surface area contributed by atoms with Gasteiger partial charge in [-0.3, -0.25) is 4.90 Å². The molecule has 1 saturated heterocycles. The molecule has 6 nitrogen and oxygen atoms in total. The Hall–Kier alpha value is -1.45. The van der Waals surface area contributed by atoms with Crippen LogP contribution in [0.1, 0.15) is 17.2 Å². The molecule has 0 aliphatic carbocycles. The van der Waals surface area contributed by atoms with Gasteiger partial charge >= 0.3 is 0 Å². The molecule has 1 aromatic heterocycles. The first-order valence-electron chi connectivity index (χ1n) is 8.99. The van der Waals surface area contributed by atoms with Crippen LogP contribution >= 0.6 is 11.3 Å². The van der Waals surface area contributed by atoms with Crippen LogP contribution in [0.4, 0.5) is 0 Å². The van der Waals surface area contributed by atoms with Gasteiger partial charge in [-0.15, -0.1) is 0 Å². The number of sulfonamides is 1. The van der Waals surface area contributed by atoms with Crippen LogP contribution in [0, 0.1) is 6.92 Å². The molecule has 1 aliphatic heterocycles. The van der Waals surface area contributed by atoms with Gasteiger partial charge in [-0.2, -0.15) is 11.3 Å². The van der Waals surface area contributed by atoms with Crippen LogP contribution in [-0.4, -0.2) is 65.1 Å². The zero-order valence-electron chi connectivity index (χ0n) is 16.0. The number of ether oxygens (including phenoxy) is 1. The van der Waals surface area contributed by atoms with Crippen LogP contribution in [-0.2, 0) is 10.0 Å². The summed E-state index contributed by atoms with van der Waals surface area (Å²) >= 11 is 1.64. The van der Waals surface area contributed by atoms with Gasteiger partial charge in [-0.1, -0.05) is 6.07 Å². The van der Waals surface area contributed by atoms with Crippen molar-refractivity contribution < 1.29 is 13.2 Å². The molecule has 0 saturated carbocycles. The molecule has 27 heavy (non-hydrogen) atoms. The van der Waals surface area contributed by atoms with E-state index in [0.29, 0.717) is 12.3 Å². The summed E-state index contributed by atoms with van der Waals surface area (Å²) in [5.74, 6) is 0.361. The average Bonchev–Trinajstić information content (AvgIpc) is 3.17. The van der Waals surface area contributed by atoms with Gasteiger partial charge in [0.05, 0.1) is 7.11 Å². The van der Waals surface area contributed by atoms with Crippen molar-refractivity contribution in [2.45, 2.75) is 17.9 Å². The molecule has 1 aliphatic rings. The molecule has 1 atom stereocenters. The predicted molar refractivity (Wildman–Crippen MR) is 109 cm³/mol. The summed E-state index contributed by atoms with van der Waals surface area (Å²) in [5.41, 5.74) is 2.04. The van der Waals surface area contributed by atoms with Crippen LogP contribution in [0.2, 0.25) is 0 Å². The molecule has 0 spiro atoms. The fourth-order valence-corrected chi connectivity index (χ4v) is 5.31. The summed E-state index contributed by atoms with van der Waals surface area (Å²) in [6.45, 7) is 6.02. The zero-order valence-corrected chi connectivity index (χ0v) is 17.6. The number of hydrogen-bond donors (Lipinski definition) is 1. The molecule has 2 aromatic rings. The molecule has 8 heteroatoms. The standard InChI is InChI=1S/C19H27N3O3S2/c1-15-4-5-18(25-3)19(12-15)27(23,24)20-13-17(16-6-11-26-14-16)22-9-7-21(2)8-10-22/h4-6,11-12,14,17,20H,7-10,13H2,1-3H3. The van der Waals surface area contributed by atoms with Crippen molar-refractivity contribution in [3.05, 3.63) is 46.2 Å². The lowest BCUT2D eigenvalue weighted by Gasteiger charge is -2.38. The van der Waals surface area contributed by atoms with Gasteiger partial charge in [0.2, 0.25) is 10.0 Å². The summed E-state index contributed by atoms with van der Waals surface area (Å²) in [4.78, 5) is 4.84. The highest BCUT2D eigenvalue weighted by atomic mass is 32.2. The summed E-state index contributed by atoms with van der Waals surface area (Å²) in [6.07, 6.45) is 0. The topological polar surface area (TPSA) is 61.9 Å². The van der Waals surface area contributed by atoms with Crippen LogP contribution < -0.4 is 9.46 Å². The average molecular weight is 410 g/mol. The van der Waals surface area contributed by atoms with E-state index in [2.05, 4.69) is 33.0 Å². The number of nitrogens with zero attached hydrogens (tertiary/aromatic N) is 2. The molecule has 3 rings (SSSR count). The number of nitrogens with one attached hydrogen (secondary N) is 1. The normalized spacial score (nSPS) is 17.7. The van der Waals surface area contributed by atoms with E-state index in [4.69, 9.17) is 4.74 Å². The van der Waals surface area contributed by atoms with Gasteiger partial charge in [0.25, 0.3) is 0 Å². The van der Waals surface area contributed by atoms with Gasteiger partial charge in [-0.05, 0) is 54.1 Å². The Bertz CT molecular complexity index is 845. The highest BCUT2D eigenvalue weighted by Crippen LogP contribution is 2.27. The number of piperazine rings is 1. The molecule has 2 heterocycles. The van der Waals surface area contributed by atoms with E-state index in [0.717, 1.165) is 37.3 Å². The molecule has 0 amide bonds. The van der Waals surface area contributed by atoms with Crippen LogP contribution in [0.25, 0.3) is 0 Å². The van der Waals surface area contributed by atoms with E-state index in [1.807, 2.05) is 18.4 Å². The van der Waals surface area contributed by atoms with Crippen LogP contribution in [0.5, 0.6) is 5.75 Å². The maximum atomic E-state index is 13.0. The second-order valence-electron chi connectivity index (χ2n) is 6.92. The predicted octanol–water partition coefficient (Wildman–Crippen LogP) is 2.33. The first kappa shape index (κ1) is 20.3. The Morgan fingerprint density at radius 2 is 1.96 bits per heavy atom.